The van der Waals surface area contributed by atoms with Gasteiger partial charge in [-0.1, -0.05) is 13.8 Å². The van der Waals surface area contributed by atoms with Crippen molar-refractivity contribution in [2.45, 2.75) is 39.2 Å². The Morgan fingerprint density at radius 3 is 2.47 bits per heavy atom. The van der Waals surface area contributed by atoms with Crippen LogP contribution < -0.4 is 0 Å². The van der Waals surface area contributed by atoms with Gasteiger partial charge in [-0.15, -0.1) is 0 Å². The molecule has 2 fully saturated rings. The smallest absolute Gasteiger partial charge is 0.306 e. The lowest BCUT2D eigenvalue weighted by molar-refractivity contribution is -0.141. The fourth-order valence-corrected chi connectivity index (χ4v) is 2.78. The third-order valence-electron chi connectivity index (χ3n) is 4.15. The predicted octanol–water partition coefficient (Wildman–Crippen LogP) is 1.83. The number of aliphatic carboxylic acids is 1. The van der Waals surface area contributed by atoms with Gasteiger partial charge in [0.1, 0.15) is 0 Å². The molecular weight excluding hydrogens is 190 g/mol. The molecule has 2 atom stereocenters. The summed E-state index contributed by atoms with van der Waals surface area (Å²) in [5.74, 6) is 0.943. The van der Waals surface area contributed by atoms with E-state index in [1.807, 2.05) is 0 Å². The summed E-state index contributed by atoms with van der Waals surface area (Å²) in [5.41, 5.74) is 0. The third-order valence-corrected chi connectivity index (χ3v) is 4.15. The van der Waals surface area contributed by atoms with E-state index in [1.165, 1.54) is 13.1 Å². The first-order valence-corrected chi connectivity index (χ1v) is 6.04. The monoisotopic (exact) mass is 211 g/mol. The summed E-state index contributed by atoms with van der Waals surface area (Å²) >= 11 is 0. The number of carboxylic acids is 1. The van der Waals surface area contributed by atoms with E-state index in [0.717, 1.165) is 31.1 Å². The minimum Gasteiger partial charge on any atom is -0.481 e. The van der Waals surface area contributed by atoms with Gasteiger partial charge in [0.2, 0.25) is 0 Å². The molecule has 0 radical (unpaired) electrons. The number of carbonyl (C=O) groups is 1. The van der Waals surface area contributed by atoms with E-state index in [9.17, 15) is 4.79 Å². The average Bonchev–Trinajstić information content (AvgIpc) is 2.49. The largest absolute Gasteiger partial charge is 0.481 e. The minimum absolute atomic E-state index is 0.0758. The molecular formula is C12H21NO2. The zero-order valence-electron chi connectivity index (χ0n) is 9.65. The highest BCUT2D eigenvalue weighted by atomic mass is 16.4. The van der Waals surface area contributed by atoms with Crippen LogP contribution in [0.15, 0.2) is 0 Å². The van der Waals surface area contributed by atoms with E-state index in [1.54, 1.807) is 0 Å². The Kier molecular flexibility index (Phi) is 3.01. The number of rotatable bonds is 3. The molecule has 0 bridgehead atoms. The summed E-state index contributed by atoms with van der Waals surface area (Å²) in [6, 6.07) is 0.557. The van der Waals surface area contributed by atoms with Gasteiger partial charge in [0.15, 0.2) is 0 Å². The van der Waals surface area contributed by atoms with Crippen LogP contribution in [0.1, 0.15) is 33.1 Å². The van der Waals surface area contributed by atoms with Crippen LogP contribution in [0.25, 0.3) is 0 Å². The molecule has 0 unspecified atom stereocenters. The molecule has 0 aromatic heterocycles. The molecule has 1 N–H and O–H groups in total. The Morgan fingerprint density at radius 2 is 2.00 bits per heavy atom. The number of carboxylic acid groups (broad SMARTS) is 1. The van der Waals surface area contributed by atoms with Gasteiger partial charge in [-0.2, -0.15) is 0 Å². The first-order valence-electron chi connectivity index (χ1n) is 6.04. The summed E-state index contributed by atoms with van der Waals surface area (Å²) in [6.45, 7) is 6.93. The Morgan fingerprint density at radius 1 is 1.33 bits per heavy atom. The van der Waals surface area contributed by atoms with Crippen LogP contribution in [-0.2, 0) is 4.79 Å². The van der Waals surface area contributed by atoms with Gasteiger partial charge in [-0.05, 0) is 31.1 Å². The second-order valence-corrected chi connectivity index (χ2v) is 5.46. The zero-order valence-corrected chi connectivity index (χ0v) is 9.65. The SMILES string of the molecule is CC(C)C1CN([C@H]2CC[C@@H](C(=O)O)C2)C1. The molecule has 3 heteroatoms. The fraction of sp³-hybridized carbons (Fsp3) is 0.917. The van der Waals surface area contributed by atoms with Gasteiger partial charge in [0, 0.05) is 19.1 Å². The molecule has 1 saturated heterocycles. The molecule has 1 aliphatic heterocycles. The Balaban J connectivity index is 1.77. The van der Waals surface area contributed by atoms with Gasteiger partial charge in [0.25, 0.3) is 0 Å². The molecule has 1 saturated carbocycles. The van der Waals surface area contributed by atoms with E-state index in [2.05, 4.69) is 18.7 Å². The van der Waals surface area contributed by atoms with Crippen molar-refractivity contribution in [2.24, 2.45) is 17.8 Å². The van der Waals surface area contributed by atoms with E-state index in [4.69, 9.17) is 5.11 Å². The Labute approximate surface area is 91.5 Å². The average molecular weight is 211 g/mol. The van der Waals surface area contributed by atoms with Crippen LogP contribution in [-0.4, -0.2) is 35.1 Å². The van der Waals surface area contributed by atoms with E-state index in [0.29, 0.717) is 6.04 Å². The molecule has 0 aromatic carbocycles. The zero-order chi connectivity index (χ0) is 11.0. The van der Waals surface area contributed by atoms with Gasteiger partial charge >= 0.3 is 5.97 Å². The molecule has 0 amide bonds. The van der Waals surface area contributed by atoms with E-state index >= 15 is 0 Å². The number of nitrogens with zero attached hydrogens (tertiary/aromatic N) is 1. The molecule has 3 nitrogen and oxygen atoms in total. The molecule has 2 aliphatic rings. The van der Waals surface area contributed by atoms with Crippen LogP contribution >= 0.6 is 0 Å². The van der Waals surface area contributed by atoms with Crippen LogP contribution in [0.5, 0.6) is 0 Å². The van der Waals surface area contributed by atoms with Crippen molar-refractivity contribution in [2.75, 3.05) is 13.1 Å². The summed E-state index contributed by atoms with van der Waals surface area (Å²) in [6.07, 6.45) is 2.84. The maximum Gasteiger partial charge on any atom is 0.306 e. The maximum atomic E-state index is 10.8. The van der Waals surface area contributed by atoms with Gasteiger partial charge in [-0.3, -0.25) is 9.69 Å². The lowest BCUT2D eigenvalue weighted by Crippen LogP contribution is -2.53. The van der Waals surface area contributed by atoms with Gasteiger partial charge in [-0.25, -0.2) is 0 Å². The number of hydrogen-bond donors (Lipinski definition) is 1. The second kappa shape index (κ2) is 4.12. The number of hydrogen-bond acceptors (Lipinski definition) is 2. The van der Waals surface area contributed by atoms with E-state index < -0.39 is 5.97 Å². The lowest BCUT2D eigenvalue weighted by Gasteiger charge is -2.45. The normalized spacial score (nSPS) is 33.3. The van der Waals surface area contributed by atoms with Gasteiger partial charge in [0.05, 0.1) is 5.92 Å². The van der Waals surface area contributed by atoms with Crippen LogP contribution in [0.4, 0.5) is 0 Å². The minimum atomic E-state index is -0.599. The van der Waals surface area contributed by atoms with Crippen molar-refractivity contribution < 1.29 is 9.90 Å². The summed E-state index contributed by atoms with van der Waals surface area (Å²) < 4.78 is 0. The highest BCUT2D eigenvalue weighted by Gasteiger charge is 2.39. The number of likely N-dealkylation sites (tertiary alicyclic amines) is 1. The third kappa shape index (κ3) is 2.17. The lowest BCUT2D eigenvalue weighted by atomic mass is 9.87. The van der Waals surface area contributed by atoms with Crippen molar-refractivity contribution in [3.63, 3.8) is 0 Å². The van der Waals surface area contributed by atoms with Crippen molar-refractivity contribution >= 4 is 5.97 Å². The van der Waals surface area contributed by atoms with Crippen molar-refractivity contribution in [1.82, 2.24) is 4.90 Å². The topological polar surface area (TPSA) is 40.5 Å². The highest BCUT2D eigenvalue weighted by Crippen LogP contribution is 2.35. The molecule has 0 spiro atoms. The molecule has 86 valence electrons. The summed E-state index contributed by atoms with van der Waals surface area (Å²) in [5, 5.41) is 8.93. The van der Waals surface area contributed by atoms with Crippen molar-refractivity contribution in [3.05, 3.63) is 0 Å². The molecule has 1 aliphatic carbocycles. The molecule has 0 aromatic rings. The molecule has 15 heavy (non-hydrogen) atoms. The van der Waals surface area contributed by atoms with Crippen molar-refractivity contribution in [3.8, 4) is 0 Å². The standard InChI is InChI=1S/C12H21NO2/c1-8(2)10-6-13(7-10)11-4-3-9(5-11)12(14)15/h8-11H,3-7H2,1-2H3,(H,14,15)/t9-,11+/m1/s1. The molecule has 1 heterocycles. The van der Waals surface area contributed by atoms with Crippen LogP contribution in [0.3, 0.4) is 0 Å². The van der Waals surface area contributed by atoms with Crippen molar-refractivity contribution in [1.29, 1.82) is 0 Å². The van der Waals surface area contributed by atoms with Crippen LogP contribution in [0, 0.1) is 17.8 Å². The maximum absolute atomic E-state index is 10.8. The quantitative estimate of drug-likeness (QED) is 0.774. The first-order chi connectivity index (χ1) is 7.08. The highest BCUT2D eigenvalue weighted by molar-refractivity contribution is 5.70. The molecule has 2 rings (SSSR count). The second-order valence-electron chi connectivity index (χ2n) is 5.46. The fourth-order valence-electron chi connectivity index (χ4n) is 2.78. The van der Waals surface area contributed by atoms with Crippen LogP contribution in [0.2, 0.25) is 0 Å². The Bertz CT molecular complexity index is 246. The van der Waals surface area contributed by atoms with E-state index in [-0.39, 0.29) is 5.92 Å². The Hall–Kier alpha value is -0.570. The predicted molar refractivity (Wildman–Crippen MR) is 58.7 cm³/mol. The first kappa shape index (κ1) is 10.9. The summed E-state index contributed by atoms with van der Waals surface area (Å²) in [4.78, 5) is 13.3. The summed E-state index contributed by atoms with van der Waals surface area (Å²) in [7, 11) is 0. The van der Waals surface area contributed by atoms with Gasteiger partial charge < -0.3 is 5.11 Å².